The van der Waals surface area contributed by atoms with Gasteiger partial charge in [-0.05, 0) is 94.1 Å². The van der Waals surface area contributed by atoms with E-state index in [-0.39, 0.29) is 30.0 Å². The lowest BCUT2D eigenvalue weighted by molar-refractivity contribution is -0.138. The number of hydrogen-bond donors (Lipinski definition) is 2. The Kier molecular flexibility index (Phi) is 9.83. The highest BCUT2D eigenvalue weighted by atomic mass is 19.4. The number of alkyl halides is 3. The molecule has 6 aliphatic heterocycles. The summed E-state index contributed by atoms with van der Waals surface area (Å²) in [5, 5.41) is 18.4. The molecule has 7 heterocycles. The molecule has 1 aromatic heterocycles. The van der Waals surface area contributed by atoms with Gasteiger partial charge in [-0.15, -0.1) is 0 Å². The molecule has 3 aromatic rings. The summed E-state index contributed by atoms with van der Waals surface area (Å²) in [6.45, 7) is 11.0. The molecule has 314 valence electrons. The van der Waals surface area contributed by atoms with Gasteiger partial charge >= 0.3 is 6.18 Å². The maximum Gasteiger partial charge on any atom is 0.417 e. The van der Waals surface area contributed by atoms with Crippen LogP contribution in [0.3, 0.4) is 0 Å². The highest BCUT2D eigenvalue weighted by Gasteiger charge is 2.48. The number of imide groups is 2. The molecule has 1 unspecified atom stereocenters. The first-order chi connectivity index (χ1) is 28.6. The molecule has 60 heavy (non-hydrogen) atoms. The van der Waals surface area contributed by atoms with Gasteiger partial charge < -0.3 is 10.2 Å². The zero-order valence-electron chi connectivity index (χ0n) is 33.2. The van der Waals surface area contributed by atoms with E-state index in [1.165, 1.54) is 6.07 Å². The fourth-order valence-electron chi connectivity index (χ4n) is 9.38. The number of likely N-dealkylation sites (tertiary alicyclic amines) is 3. The number of aromatic nitrogens is 2. The molecule has 2 N–H and O–H groups in total. The molecule has 5 fully saturated rings. The Hall–Kier alpha value is -5.64. The van der Waals surface area contributed by atoms with Gasteiger partial charge in [0.05, 0.1) is 34.5 Å². The monoisotopic (exact) mass is 826 g/mol. The third-order valence-corrected chi connectivity index (χ3v) is 13.4. The van der Waals surface area contributed by atoms with Gasteiger partial charge in [-0.2, -0.15) is 23.5 Å². The van der Waals surface area contributed by atoms with Crippen LogP contribution in [0.4, 0.5) is 24.5 Å². The molecule has 2 aromatic carbocycles. The number of nitrogens with one attached hydrogen (secondary N) is 2. The molecule has 6 aliphatic rings. The number of nitrogens with zero attached hydrogens (tertiary/aromatic N) is 8. The lowest BCUT2D eigenvalue weighted by atomic mass is 9.89. The van der Waals surface area contributed by atoms with E-state index in [1.54, 1.807) is 42.9 Å². The number of hydrogen-bond acceptors (Lipinski definition) is 11. The van der Waals surface area contributed by atoms with Crippen molar-refractivity contribution in [3.8, 4) is 6.07 Å². The number of piperidine rings is 2. The third-order valence-electron chi connectivity index (χ3n) is 13.4. The number of fused-ring (bicyclic) bond motifs is 1. The minimum atomic E-state index is -4.73. The van der Waals surface area contributed by atoms with E-state index in [1.807, 2.05) is 12.3 Å². The molecule has 18 heteroatoms. The van der Waals surface area contributed by atoms with Crippen LogP contribution in [0.25, 0.3) is 0 Å². The molecule has 0 spiro atoms. The first kappa shape index (κ1) is 39.8. The molecule has 0 bridgehead atoms. The van der Waals surface area contributed by atoms with Crippen LogP contribution in [-0.2, 0) is 26.1 Å². The van der Waals surface area contributed by atoms with Crippen molar-refractivity contribution in [2.24, 2.45) is 0 Å². The van der Waals surface area contributed by atoms with E-state index < -0.39 is 58.4 Å². The Labute approximate surface area is 344 Å². The van der Waals surface area contributed by atoms with Gasteiger partial charge in [-0.3, -0.25) is 53.6 Å². The maximum absolute atomic E-state index is 13.5. The van der Waals surface area contributed by atoms with Gasteiger partial charge in [0.2, 0.25) is 11.8 Å². The number of carbonyl (C=O) groups is 5. The highest BCUT2D eigenvalue weighted by Crippen LogP contribution is 2.37. The summed E-state index contributed by atoms with van der Waals surface area (Å²) in [5.74, 6) is -2.26. The summed E-state index contributed by atoms with van der Waals surface area (Å²) in [6, 6.07) is 10.4. The van der Waals surface area contributed by atoms with Crippen molar-refractivity contribution < 1.29 is 37.1 Å². The number of carbonyl (C=O) groups excluding carboxylic acids is 5. The minimum absolute atomic E-state index is 0.0500. The molecule has 9 rings (SSSR count). The molecule has 5 amide bonds. The molecule has 1 atom stereocenters. The standard InChI is InChI=1S/C42H45F3N10O5/c1-41(2,40(60)48-27-4-3-25(15-46)34(13-27)42(43,44)45)54-17-26(16-47-54)24-9-11-50(12-10-24)29-18-52(19-29)31-22-53(23-31)30-20-51(21-30)28-5-6-32-33(14-28)39(59)55(38(32)58)35-7-8-36(56)49-37(35)57/h3-6,13-14,16-17,24,29-31,35H,7-12,18-23H2,1-2H3,(H,48,60)(H,49,56,57). The second kappa shape index (κ2) is 14.8. The summed E-state index contributed by atoms with van der Waals surface area (Å²) in [6.07, 6.45) is 1.04. The number of nitriles is 1. The van der Waals surface area contributed by atoms with Gasteiger partial charge in [0, 0.05) is 81.4 Å². The number of amides is 5. The Balaban J connectivity index is 0.702. The lowest BCUT2D eigenvalue weighted by Gasteiger charge is -2.58. The first-order valence-corrected chi connectivity index (χ1v) is 20.4. The highest BCUT2D eigenvalue weighted by molar-refractivity contribution is 6.23. The van der Waals surface area contributed by atoms with E-state index in [0.29, 0.717) is 23.7 Å². The molecule has 5 saturated heterocycles. The zero-order valence-corrected chi connectivity index (χ0v) is 33.2. The van der Waals surface area contributed by atoms with E-state index in [0.717, 1.165) is 93.5 Å². The Bertz CT molecular complexity index is 2310. The Morgan fingerprint density at radius 3 is 2.15 bits per heavy atom. The van der Waals surface area contributed by atoms with E-state index >= 15 is 0 Å². The largest absolute Gasteiger partial charge is 0.417 e. The summed E-state index contributed by atoms with van der Waals surface area (Å²) in [7, 11) is 0. The van der Waals surface area contributed by atoms with Crippen LogP contribution >= 0.6 is 0 Å². The first-order valence-electron chi connectivity index (χ1n) is 20.4. The normalized spacial score (nSPS) is 22.9. The Morgan fingerprint density at radius 1 is 0.850 bits per heavy atom. The van der Waals surface area contributed by atoms with Crippen molar-refractivity contribution in [3.05, 3.63) is 76.6 Å². The van der Waals surface area contributed by atoms with Gasteiger partial charge in [0.1, 0.15) is 11.6 Å². The van der Waals surface area contributed by atoms with Crippen LogP contribution in [-0.4, -0.2) is 135 Å². The average molecular weight is 827 g/mol. The lowest BCUT2D eigenvalue weighted by Crippen LogP contribution is -2.74. The van der Waals surface area contributed by atoms with E-state index in [2.05, 4.69) is 35.3 Å². The molecule has 0 radical (unpaired) electrons. The van der Waals surface area contributed by atoms with Crippen molar-refractivity contribution in [2.75, 3.05) is 62.6 Å². The second-order valence-electron chi connectivity index (χ2n) is 17.4. The van der Waals surface area contributed by atoms with E-state index in [4.69, 9.17) is 5.26 Å². The fraction of sp³-hybridized carbons (Fsp3) is 0.500. The third kappa shape index (κ3) is 7.01. The van der Waals surface area contributed by atoms with Crippen LogP contribution < -0.4 is 15.5 Å². The number of benzene rings is 2. The van der Waals surface area contributed by atoms with E-state index in [9.17, 15) is 37.1 Å². The fourth-order valence-corrected chi connectivity index (χ4v) is 9.38. The van der Waals surface area contributed by atoms with Gasteiger partial charge in [0.25, 0.3) is 17.7 Å². The van der Waals surface area contributed by atoms with Crippen LogP contribution in [0.2, 0.25) is 0 Å². The second-order valence-corrected chi connectivity index (χ2v) is 17.4. The summed E-state index contributed by atoms with van der Waals surface area (Å²) in [5.41, 5.74) is -0.368. The zero-order chi connectivity index (χ0) is 42.2. The number of anilines is 2. The Morgan fingerprint density at radius 2 is 1.50 bits per heavy atom. The van der Waals surface area contributed by atoms with Crippen LogP contribution in [0.1, 0.15) is 82.9 Å². The summed E-state index contributed by atoms with van der Waals surface area (Å²) >= 11 is 0. The quantitative estimate of drug-likeness (QED) is 0.305. The van der Waals surface area contributed by atoms with Crippen molar-refractivity contribution >= 4 is 40.9 Å². The predicted molar refractivity (Wildman–Crippen MR) is 210 cm³/mol. The molecule has 15 nitrogen and oxygen atoms in total. The van der Waals surface area contributed by atoms with Crippen molar-refractivity contribution in [3.63, 3.8) is 0 Å². The van der Waals surface area contributed by atoms with Gasteiger partial charge in [-0.25, -0.2) is 0 Å². The van der Waals surface area contributed by atoms with Crippen LogP contribution in [0.5, 0.6) is 0 Å². The molecular formula is C42H45F3N10O5. The molecule has 0 saturated carbocycles. The SMILES string of the molecule is CC(C)(C(=O)Nc1ccc(C#N)c(C(F)(F)F)c1)n1cc(C2CCN(C3CN(C4CN(C5CN(c6ccc7c(c6)C(=O)N(C6CCC(=O)NC6=O)C7=O)C5)C4)C3)CC2)cn1. The topological polar surface area (TPSA) is 167 Å². The van der Waals surface area contributed by atoms with Crippen LogP contribution in [0.15, 0.2) is 48.8 Å². The van der Waals surface area contributed by atoms with Crippen molar-refractivity contribution in [1.29, 1.82) is 5.26 Å². The van der Waals surface area contributed by atoms with Crippen molar-refractivity contribution in [2.45, 2.75) is 81.3 Å². The maximum atomic E-state index is 13.5. The van der Waals surface area contributed by atoms with Gasteiger partial charge in [-0.1, -0.05) is 0 Å². The average Bonchev–Trinajstić information content (AvgIpc) is 3.76. The number of rotatable bonds is 9. The van der Waals surface area contributed by atoms with Crippen LogP contribution in [0, 0.1) is 11.3 Å². The van der Waals surface area contributed by atoms with Gasteiger partial charge in [0.15, 0.2) is 0 Å². The minimum Gasteiger partial charge on any atom is -0.368 e. The summed E-state index contributed by atoms with van der Waals surface area (Å²) in [4.78, 5) is 74.5. The summed E-state index contributed by atoms with van der Waals surface area (Å²) < 4.78 is 42.0. The molecular weight excluding hydrogens is 782 g/mol. The molecule has 0 aliphatic carbocycles. The number of halogens is 3. The van der Waals surface area contributed by atoms with Crippen molar-refractivity contribution in [1.82, 2.24) is 34.7 Å². The smallest absolute Gasteiger partial charge is 0.368 e. The predicted octanol–water partition coefficient (Wildman–Crippen LogP) is 2.99.